The highest BCUT2D eigenvalue weighted by Crippen LogP contribution is 1.96. The van der Waals surface area contributed by atoms with Crippen molar-refractivity contribution in [3.8, 4) is 0 Å². The topological polar surface area (TPSA) is 37.3 Å². The molecule has 0 radical (unpaired) electrons. The normalized spacial score (nSPS) is 11.9. The van der Waals surface area contributed by atoms with Crippen LogP contribution in [-0.2, 0) is 4.79 Å². The van der Waals surface area contributed by atoms with E-state index in [2.05, 4.69) is 6.58 Å². The van der Waals surface area contributed by atoms with Gasteiger partial charge in [0.25, 0.3) is 0 Å². The van der Waals surface area contributed by atoms with Crippen molar-refractivity contribution in [2.24, 2.45) is 0 Å². The van der Waals surface area contributed by atoms with Gasteiger partial charge < -0.3 is 5.11 Å². The van der Waals surface area contributed by atoms with E-state index >= 15 is 0 Å². The third kappa shape index (κ3) is 2.87. The zero-order valence-electron chi connectivity index (χ0n) is 5.87. The Kier molecular flexibility index (Phi) is 3.96. The number of carboxylic acid groups (broad SMARTS) is 1. The Bertz CT molecular complexity index is 187. The highest BCUT2D eigenvalue weighted by atomic mass is 16.4. The van der Waals surface area contributed by atoms with Gasteiger partial charge >= 0.3 is 5.97 Å². The second kappa shape index (κ2) is 4.56. The molecular weight excluding hydrogens is 128 g/mol. The minimum absolute atomic E-state index is 0.248. The summed E-state index contributed by atoms with van der Waals surface area (Å²) < 4.78 is 0. The van der Waals surface area contributed by atoms with E-state index in [1.807, 2.05) is 0 Å². The summed E-state index contributed by atoms with van der Waals surface area (Å²) in [6, 6.07) is 0. The van der Waals surface area contributed by atoms with Crippen molar-refractivity contribution < 1.29 is 9.90 Å². The minimum Gasteiger partial charge on any atom is -0.478 e. The Morgan fingerprint density at radius 2 is 2.20 bits per heavy atom. The summed E-state index contributed by atoms with van der Waals surface area (Å²) in [5, 5.41) is 8.47. The van der Waals surface area contributed by atoms with Crippen LogP contribution in [-0.4, -0.2) is 11.1 Å². The van der Waals surface area contributed by atoms with E-state index < -0.39 is 5.97 Å². The molecule has 0 aromatic heterocycles. The lowest BCUT2D eigenvalue weighted by Crippen LogP contribution is -1.96. The molecule has 0 aliphatic carbocycles. The van der Waals surface area contributed by atoms with Crippen LogP contribution in [0.3, 0.4) is 0 Å². The van der Waals surface area contributed by atoms with Crippen LogP contribution in [0.2, 0.25) is 0 Å². The van der Waals surface area contributed by atoms with Crippen molar-refractivity contribution in [3.63, 3.8) is 0 Å². The molecular formula is C8H10O2. The predicted octanol–water partition coefficient (Wildman–Crippen LogP) is 1.76. The van der Waals surface area contributed by atoms with E-state index in [0.29, 0.717) is 0 Å². The fraction of sp³-hybridized carbons (Fsp3) is 0.125. The van der Waals surface area contributed by atoms with Crippen molar-refractivity contribution in [1.82, 2.24) is 0 Å². The highest BCUT2D eigenvalue weighted by molar-refractivity contribution is 5.90. The minimum atomic E-state index is -0.932. The van der Waals surface area contributed by atoms with E-state index in [0.717, 1.165) is 0 Å². The second-order valence-corrected chi connectivity index (χ2v) is 1.66. The summed E-state index contributed by atoms with van der Waals surface area (Å²) in [7, 11) is 0. The fourth-order valence-corrected chi connectivity index (χ4v) is 0.505. The first kappa shape index (κ1) is 8.69. The van der Waals surface area contributed by atoms with Crippen LogP contribution in [0.5, 0.6) is 0 Å². The van der Waals surface area contributed by atoms with Crippen molar-refractivity contribution in [2.75, 3.05) is 0 Å². The molecule has 0 aromatic rings. The number of hydrogen-bond donors (Lipinski definition) is 1. The Morgan fingerprint density at radius 3 is 2.50 bits per heavy atom. The average molecular weight is 138 g/mol. The Balaban J connectivity index is 4.41. The maximum Gasteiger partial charge on any atom is 0.335 e. The Hall–Kier alpha value is -1.31. The van der Waals surface area contributed by atoms with Crippen LogP contribution >= 0.6 is 0 Å². The lowest BCUT2D eigenvalue weighted by Gasteiger charge is -1.89. The number of rotatable bonds is 3. The maximum absolute atomic E-state index is 10.3. The summed E-state index contributed by atoms with van der Waals surface area (Å²) >= 11 is 0. The molecule has 0 fully saturated rings. The molecule has 0 amide bonds. The van der Waals surface area contributed by atoms with Crippen molar-refractivity contribution in [2.45, 2.75) is 6.92 Å². The molecule has 0 bridgehead atoms. The van der Waals surface area contributed by atoms with Gasteiger partial charge in [-0.2, -0.15) is 0 Å². The number of allylic oxidation sites excluding steroid dienone is 3. The van der Waals surface area contributed by atoms with E-state index in [-0.39, 0.29) is 5.57 Å². The molecule has 54 valence electrons. The second-order valence-electron chi connectivity index (χ2n) is 1.66. The van der Waals surface area contributed by atoms with Gasteiger partial charge in [-0.05, 0) is 13.0 Å². The van der Waals surface area contributed by atoms with Gasteiger partial charge in [0.05, 0.1) is 5.57 Å². The van der Waals surface area contributed by atoms with Gasteiger partial charge in [0.2, 0.25) is 0 Å². The van der Waals surface area contributed by atoms with Crippen LogP contribution in [0.4, 0.5) is 0 Å². The molecule has 10 heavy (non-hydrogen) atoms. The summed E-state index contributed by atoms with van der Waals surface area (Å²) in [6.45, 7) is 5.16. The van der Waals surface area contributed by atoms with Crippen LogP contribution in [0.15, 0.2) is 36.5 Å². The lowest BCUT2D eigenvalue weighted by atomic mass is 10.2. The third-order valence-corrected chi connectivity index (χ3v) is 0.891. The molecule has 0 heterocycles. The summed E-state index contributed by atoms with van der Waals surface area (Å²) in [5.41, 5.74) is 0.248. The van der Waals surface area contributed by atoms with E-state index in [4.69, 9.17) is 5.11 Å². The van der Waals surface area contributed by atoms with Crippen LogP contribution in [0, 0.1) is 0 Å². The maximum atomic E-state index is 10.3. The summed E-state index contributed by atoms with van der Waals surface area (Å²) in [4.78, 5) is 10.3. The van der Waals surface area contributed by atoms with Crippen molar-refractivity contribution >= 4 is 5.97 Å². The van der Waals surface area contributed by atoms with E-state index in [1.165, 1.54) is 18.2 Å². The molecule has 0 atom stereocenters. The molecule has 0 saturated carbocycles. The zero-order valence-corrected chi connectivity index (χ0v) is 5.87. The van der Waals surface area contributed by atoms with E-state index in [9.17, 15) is 4.79 Å². The first-order valence-electron chi connectivity index (χ1n) is 2.91. The molecule has 0 aliphatic heterocycles. The zero-order chi connectivity index (χ0) is 7.98. The summed E-state index contributed by atoms with van der Waals surface area (Å²) in [5.74, 6) is -0.932. The fourth-order valence-electron chi connectivity index (χ4n) is 0.505. The quantitative estimate of drug-likeness (QED) is 0.476. The molecule has 0 saturated heterocycles. The number of carbonyl (C=O) groups is 1. The molecule has 2 heteroatoms. The Morgan fingerprint density at radius 1 is 1.60 bits per heavy atom. The van der Waals surface area contributed by atoms with Crippen molar-refractivity contribution in [1.29, 1.82) is 0 Å². The molecule has 2 nitrogen and oxygen atoms in total. The highest BCUT2D eigenvalue weighted by Gasteiger charge is 1.98. The molecule has 0 spiro atoms. The van der Waals surface area contributed by atoms with E-state index in [1.54, 1.807) is 13.0 Å². The SMILES string of the molecule is C=C/C=C(\C=C\C)C(=O)O. The standard InChI is InChI=1S/C8H10O2/c1-3-5-7(6-4-2)8(9)10/h3-6H,1H2,2H3,(H,9,10)/b6-4+,7-5+. The van der Waals surface area contributed by atoms with Gasteiger partial charge in [-0.3, -0.25) is 0 Å². The van der Waals surface area contributed by atoms with Crippen LogP contribution < -0.4 is 0 Å². The molecule has 0 rings (SSSR count). The van der Waals surface area contributed by atoms with Gasteiger partial charge in [-0.1, -0.05) is 24.8 Å². The lowest BCUT2D eigenvalue weighted by molar-refractivity contribution is -0.132. The molecule has 0 unspecified atom stereocenters. The number of aliphatic carboxylic acids is 1. The number of hydrogen-bond acceptors (Lipinski definition) is 1. The molecule has 0 aliphatic rings. The van der Waals surface area contributed by atoms with Crippen LogP contribution in [0.1, 0.15) is 6.92 Å². The Labute approximate surface area is 60.2 Å². The van der Waals surface area contributed by atoms with Gasteiger partial charge in [0.15, 0.2) is 0 Å². The predicted molar refractivity (Wildman–Crippen MR) is 40.7 cm³/mol. The monoisotopic (exact) mass is 138 g/mol. The summed E-state index contributed by atoms with van der Waals surface area (Å²) in [6.07, 6.45) is 6.08. The molecule has 1 N–H and O–H groups in total. The first-order chi connectivity index (χ1) is 4.72. The average Bonchev–Trinajstić information content (AvgIpc) is 1.87. The largest absolute Gasteiger partial charge is 0.478 e. The smallest absolute Gasteiger partial charge is 0.335 e. The van der Waals surface area contributed by atoms with Gasteiger partial charge in [0.1, 0.15) is 0 Å². The third-order valence-electron chi connectivity index (χ3n) is 0.891. The number of carboxylic acids is 1. The van der Waals surface area contributed by atoms with Crippen molar-refractivity contribution in [3.05, 3.63) is 36.5 Å². The first-order valence-corrected chi connectivity index (χ1v) is 2.91. The van der Waals surface area contributed by atoms with Gasteiger partial charge in [0, 0.05) is 0 Å². The molecule has 0 aromatic carbocycles. The van der Waals surface area contributed by atoms with Gasteiger partial charge in [-0.25, -0.2) is 4.79 Å². The van der Waals surface area contributed by atoms with Gasteiger partial charge in [-0.15, -0.1) is 0 Å². The van der Waals surface area contributed by atoms with Crippen LogP contribution in [0.25, 0.3) is 0 Å².